The van der Waals surface area contributed by atoms with Gasteiger partial charge >= 0.3 is 0 Å². The Morgan fingerprint density at radius 2 is 1.76 bits per heavy atom. The summed E-state index contributed by atoms with van der Waals surface area (Å²) in [7, 11) is 0. The number of halogens is 2. The van der Waals surface area contributed by atoms with E-state index in [4.69, 9.17) is 5.73 Å². The van der Waals surface area contributed by atoms with Gasteiger partial charge in [0.1, 0.15) is 5.82 Å². The Kier molecular flexibility index (Phi) is 2.91. The van der Waals surface area contributed by atoms with E-state index in [1.807, 2.05) is 0 Å². The van der Waals surface area contributed by atoms with E-state index in [0.717, 1.165) is 4.47 Å². The standard InChI is InChI=1S/C14H19BrFN/c1-13(2)12(14(13,3)4)11(17)9-7-8(15)5-6-10(9)16/h5-7,11-12H,17H2,1-4H3. The van der Waals surface area contributed by atoms with Crippen molar-refractivity contribution in [1.29, 1.82) is 0 Å². The maximum absolute atomic E-state index is 13.8. The first-order valence-electron chi connectivity index (χ1n) is 5.90. The minimum absolute atomic E-state index is 0.168. The van der Waals surface area contributed by atoms with Crippen LogP contribution in [-0.4, -0.2) is 0 Å². The van der Waals surface area contributed by atoms with E-state index in [1.54, 1.807) is 12.1 Å². The molecule has 0 spiro atoms. The third-order valence-corrected chi connectivity index (χ3v) is 5.30. The molecular weight excluding hydrogens is 281 g/mol. The highest BCUT2D eigenvalue weighted by atomic mass is 79.9. The predicted octanol–water partition coefficient (Wildman–Crippen LogP) is 4.27. The monoisotopic (exact) mass is 299 g/mol. The van der Waals surface area contributed by atoms with Crippen molar-refractivity contribution in [3.05, 3.63) is 34.1 Å². The molecule has 0 bridgehead atoms. The van der Waals surface area contributed by atoms with Gasteiger partial charge in [0.25, 0.3) is 0 Å². The van der Waals surface area contributed by atoms with E-state index in [9.17, 15) is 4.39 Å². The SMILES string of the molecule is CC1(C)C(C(N)c2cc(Br)ccc2F)C1(C)C. The molecule has 1 nitrogen and oxygen atoms in total. The molecule has 0 aromatic heterocycles. The van der Waals surface area contributed by atoms with Gasteiger partial charge in [-0.1, -0.05) is 43.6 Å². The van der Waals surface area contributed by atoms with Crippen molar-refractivity contribution in [3.63, 3.8) is 0 Å². The highest BCUT2D eigenvalue weighted by molar-refractivity contribution is 9.10. The number of rotatable bonds is 2. The zero-order chi connectivity index (χ0) is 13.0. The van der Waals surface area contributed by atoms with Crippen LogP contribution in [0.5, 0.6) is 0 Å². The van der Waals surface area contributed by atoms with Crippen LogP contribution in [0, 0.1) is 22.6 Å². The molecule has 1 atom stereocenters. The summed E-state index contributed by atoms with van der Waals surface area (Å²) in [6.45, 7) is 8.81. The van der Waals surface area contributed by atoms with Crippen LogP contribution < -0.4 is 5.73 Å². The van der Waals surface area contributed by atoms with Crippen LogP contribution in [0.3, 0.4) is 0 Å². The molecule has 0 heterocycles. The molecule has 1 fully saturated rings. The van der Waals surface area contributed by atoms with Gasteiger partial charge in [-0.15, -0.1) is 0 Å². The summed E-state index contributed by atoms with van der Waals surface area (Å²) in [6, 6.07) is 4.73. The topological polar surface area (TPSA) is 26.0 Å². The van der Waals surface area contributed by atoms with Gasteiger partial charge in [0.15, 0.2) is 0 Å². The van der Waals surface area contributed by atoms with E-state index in [0.29, 0.717) is 11.5 Å². The lowest BCUT2D eigenvalue weighted by Gasteiger charge is -2.15. The van der Waals surface area contributed by atoms with Gasteiger partial charge < -0.3 is 5.73 Å². The molecule has 1 saturated carbocycles. The molecule has 3 heteroatoms. The van der Waals surface area contributed by atoms with Crippen LogP contribution in [0.4, 0.5) is 4.39 Å². The lowest BCUT2D eigenvalue weighted by atomic mass is 9.97. The van der Waals surface area contributed by atoms with Gasteiger partial charge in [0.2, 0.25) is 0 Å². The van der Waals surface area contributed by atoms with Crippen molar-refractivity contribution in [1.82, 2.24) is 0 Å². The minimum atomic E-state index is -0.238. The van der Waals surface area contributed by atoms with Gasteiger partial charge in [-0.2, -0.15) is 0 Å². The Balaban J connectivity index is 2.34. The van der Waals surface area contributed by atoms with Crippen molar-refractivity contribution < 1.29 is 4.39 Å². The summed E-state index contributed by atoms with van der Waals surface area (Å²) < 4.78 is 14.7. The van der Waals surface area contributed by atoms with Crippen molar-refractivity contribution >= 4 is 15.9 Å². The Hall–Kier alpha value is -0.410. The van der Waals surface area contributed by atoms with E-state index >= 15 is 0 Å². The molecule has 1 unspecified atom stereocenters. The van der Waals surface area contributed by atoms with Gasteiger partial charge in [-0.25, -0.2) is 4.39 Å². The first-order chi connectivity index (χ1) is 7.69. The fraction of sp³-hybridized carbons (Fsp3) is 0.571. The predicted molar refractivity (Wildman–Crippen MR) is 72.1 cm³/mol. The molecule has 94 valence electrons. The van der Waals surface area contributed by atoms with Gasteiger partial charge in [-0.3, -0.25) is 0 Å². The molecule has 1 aromatic rings. The minimum Gasteiger partial charge on any atom is -0.324 e. The highest BCUT2D eigenvalue weighted by Gasteiger charge is 2.66. The molecule has 2 N–H and O–H groups in total. The molecule has 1 aromatic carbocycles. The van der Waals surface area contributed by atoms with Crippen LogP contribution in [0.2, 0.25) is 0 Å². The zero-order valence-corrected chi connectivity index (χ0v) is 12.3. The number of hydrogen-bond acceptors (Lipinski definition) is 1. The van der Waals surface area contributed by atoms with Crippen molar-refractivity contribution in [2.75, 3.05) is 0 Å². The lowest BCUT2D eigenvalue weighted by molar-refractivity contribution is 0.457. The molecule has 1 aliphatic carbocycles. The second-order valence-corrected chi connectivity index (χ2v) is 7.03. The van der Waals surface area contributed by atoms with Crippen molar-refractivity contribution in [2.24, 2.45) is 22.5 Å². The summed E-state index contributed by atoms with van der Waals surface area (Å²) in [4.78, 5) is 0. The van der Waals surface area contributed by atoms with Crippen molar-refractivity contribution in [3.8, 4) is 0 Å². The second kappa shape index (κ2) is 3.79. The molecule has 0 aliphatic heterocycles. The maximum Gasteiger partial charge on any atom is 0.128 e. The van der Waals surface area contributed by atoms with Crippen LogP contribution in [0.15, 0.2) is 22.7 Å². The Morgan fingerprint density at radius 1 is 1.24 bits per heavy atom. The van der Waals surface area contributed by atoms with Gasteiger partial charge in [0, 0.05) is 16.1 Å². The molecular formula is C14H19BrFN. The Morgan fingerprint density at radius 3 is 2.24 bits per heavy atom. The van der Waals surface area contributed by atoms with E-state index in [-0.39, 0.29) is 22.7 Å². The van der Waals surface area contributed by atoms with Crippen LogP contribution in [-0.2, 0) is 0 Å². The normalized spacial score (nSPS) is 23.5. The number of nitrogens with two attached hydrogens (primary N) is 1. The average molecular weight is 300 g/mol. The first kappa shape index (κ1) is 13.0. The summed E-state index contributed by atoms with van der Waals surface area (Å²) in [5.74, 6) is 0.109. The molecule has 0 amide bonds. The zero-order valence-electron chi connectivity index (χ0n) is 10.7. The van der Waals surface area contributed by atoms with Gasteiger partial charge in [0.05, 0.1) is 0 Å². The molecule has 17 heavy (non-hydrogen) atoms. The first-order valence-corrected chi connectivity index (χ1v) is 6.69. The third-order valence-electron chi connectivity index (χ3n) is 4.81. The Labute approximate surface area is 111 Å². The molecule has 2 rings (SSSR count). The second-order valence-electron chi connectivity index (χ2n) is 6.11. The molecule has 0 radical (unpaired) electrons. The maximum atomic E-state index is 13.8. The van der Waals surface area contributed by atoms with Gasteiger partial charge in [-0.05, 0) is 34.9 Å². The summed E-state index contributed by atoms with van der Waals surface area (Å²) in [5, 5.41) is 0. The lowest BCUT2D eigenvalue weighted by Crippen LogP contribution is -2.18. The molecule has 0 saturated heterocycles. The van der Waals surface area contributed by atoms with E-state index in [1.165, 1.54) is 6.07 Å². The van der Waals surface area contributed by atoms with Crippen LogP contribution in [0.1, 0.15) is 39.3 Å². The smallest absolute Gasteiger partial charge is 0.128 e. The Bertz CT molecular complexity index is 440. The van der Waals surface area contributed by atoms with E-state index in [2.05, 4.69) is 43.6 Å². The fourth-order valence-electron chi connectivity index (χ4n) is 3.09. The summed E-state index contributed by atoms with van der Waals surface area (Å²) >= 11 is 3.37. The molecule has 1 aliphatic rings. The third kappa shape index (κ3) is 1.84. The number of hydrogen-bond donors (Lipinski definition) is 1. The quantitative estimate of drug-likeness (QED) is 0.867. The van der Waals surface area contributed by atoms with Crippen LogP contribution in [0.25, 0.3) is 0 Å². The largest absolute Gasteiger partial charge is 0.324 e. The fourth-order valence-corrected chi connectivity index (χ4v) is 3.47. The average Bonchev–Trinajstić information content (AvgIpc) is 2.61. The summed E-state index contributed by atoms with van der Waals surface area (Å²) in [5.41, 5.74) is 7.21. The van der Waals surface area contributed by atoms with Crippen molar-refractivity contribution in [2.45, 2.75) is 33.7 Å². The summed E-state index contributed by atoms with van der Waals surface area (Å²) in [6.07, 6.45) is 0. The highest BCUT2D eigenvalue weighted by Crippen LogP contribution is 2.71. The van der Waals surface area contributed by atoms with Crippen LogP contribution >= 0.6 is 15.9 Å². The van der Waals surface area contributed by atoms with E-state index < -0.39 is 0 Å². The number of benzene rings is 1.